The molecule has 1 fully saturated rings. The maximum Gasteiger partial charge on any atom is 0.222 e. The minimum Gasteiger partial charge on any atom is -0.349 e. The van der Waals surface area contributed by atoms with Gasteiger partial charge in [0.05, 0.1) is 6.04 Å². The fraction of sp³-hybridized carbons (Fsp3) is 0.533. The Morgan fingerprint density at radius 3 is 3.15 bits per heavy atom. The molecule has 2 unspecified atom stereocenters. The second-order valence-corrected chi connectivity index (χ2v) is 7.01. The molecule has 3 rings (SSSR count). The molecule has 2 N–H and O–H groups in total. The van der Waals surface area contributed by atoms with Crippen LogP contribution >= 0.6 is 23.4 Å². The average molecular weight is 311 g/mol. The van der Waals surface area contributed by atoms with Crippen LogP contribution in [-0.4, -0.2) is 24.2 Å². The van der Waals surface area contributed by atoms with Crippen LogP contribution in [0.1, 0.15) is 37.3 Å². The van der Waals surface area contributed by atoms with Gasteiger partial charge in [-0.1, -0.05) is 11.6 Å². The molecule has 108 valence electrons. The maximum absolute atomic E-state index is 12.2. The monoisotopic (exact) mass is 310 g/mol. The van der Waals surface area contributed by atoms with Gasteiger partial charge in [-0.25, -0.2) is 0 Å². The zero-order chi connectivity index (χ0) is 13.9. The number of hydrogen-bond donors (Lipinski definition) is 2. The zero-order valence-corrected chi connectivity index (χ0v) is 12.9. The van der Waals surface area contributed by atoms with Gasteiger partial charge in [-0.15, -0.1) is 11.8 Å². The van der Waals surface area contributed by atoms with E-state index in [1.165, 1.54) is 16.9 Å². The van der Waals surface area contributed by atoms with Gasteiger partial charge in [0.15, 0.2) is 0 Å². The van der Waals surface area contributed by atoms with Crippen molar-refractivity contribution in [2.75, 3.05) is 12.3 Å². The summed E-state index contributed by atoms with van der Waals surface area (Å²) < 4.78 is 0. The third-order valence-electron chi connectivity index (χ3n) is 3.94. The molecule has 1 amide bonds. The minimum absolute atomic E-state index is 0.110. The van der Waals surface area contributed by atoms with E-state index in [1.54, 1.807) is 0 Å². The fourth-order valence-electron chi connectivity index (χ4n) is 2.92. The van der Waals surface area contributed by atoms with Gasteiger partial charge in [-0.05, 0) is 49.6 Å². The Morgan fingerprint density at radius 1 is 1.45 bits per heavy atom. The van der Waals surface area contributed by atoms with Gasteiger partial charge in [0.2, 0.25) is 5.91 Å². The van der Waals surface area contributed by atoms with E-state index in [2.05, 4.69) is 16.7 Å². The summed E-state index contributed by atoms with van der Waals surface area (Å²) >= 11 is 7.92. The topological polar surface area (TPSA) is 41.1 Å². The van der Waals surface area contributed by atoms with Crippen molar-refractivity contribution in [2.24, 2.45) is 0 Å². The van der Waals surface area contributed by atoms with Crippen molar-refractivity contribution < 1.29 is 4.79 Å². The van der Waals surface area contributed by atoms with E-state index < -0.39 is 0 Å². The van der Waals surface area contributed by atoms with E-state index in [9.17, 15) is 4.79 Å². The Labute approximate surface area is 128 Å². The number of carbonyl (C=O) groups is 1. The molecule has 2 atom stereocenters. The van der Waals surface area contributed by atoms with Crippen molar-refractivity contribution in [3.63, 3.8) is 0 Å². The Balaban J connectivity index is 1.66. The van der Waals surface area contributed by atoms with E-state index in [0.717, 1.165) is 30.2 Å². The molecule has 0 saturated carbocycles. The minimum atomic E-state index is 0.110. The van der Waals surface area contributed by atoms with E-state index >= 15 is 0 Å². The summed E-state index contributed by atoms with van der Waals surface area (Å²) in [6, 6.07) is 6.42. The van der Waals surface area contributed by atoms with Crippen molar-refractivity contribution in [2.45, 2.75) is 42.7 Å². The van der Waals surface area contributed by atoms with E-state index in [0.29, 0.717) is 12.5 Å². The van der Waals surface area contributed by atoms with E-state index in [1.807, 2.05) is 23.9 Å². The first-order valence-electron chi connectivity index (χ1n) is 7.17. The van der Waals surface area contributed by atoms with Gasteiger partial charge in [0, 0.05) is 28.1 Å². The van der Waals surface area contributed by atoms with Gasteiger partial charge in [0.1, 0.15) is 0 Å². The van der Waals surface area contributed by atoms with Crippen LogP contribution in [0.2, 0.25) is 5.02 Å². The number of carbonyl (C=O) groups excluding carboxylic acids is 1. The highest BCUT2D eigenvalue weighted by molar-refractivity contribution is 7.99. The van der Waals surface area contributed by atoms with E-state index in [4.69, 9.17) is 11.6 Å². The van der Waals surface area contributed by atoms with Crippen LogP contribution in [-0.2, 0) is 4.79 Å². The number of nitrogens with one attached hydrogen (secondary N) is 2. The molecule has 1 aromatic rings. The van der Waals surface area contributed by atoms with Crippen LogP contribution in [0.15, 0.2) is 23.1 Å². The molecular formula is C15H19ClN2OS. The van der Waals surface area contributed by atoms with Gasteiger partial charge >= 0.3 is 0 Å². The summed E-state index contributed by atoms with van der Waals surface area (Å²) in [5, 5.41) is 7.28. The summed E-state index contributed by atoms with van der Waals surface area (Å²) in [5.41, 5.74) is 1.17. The SMILES string of the molecule is O=C(CC1CCCN1)NC1CCSc2ccc(Cl)cc21. The molecule has 0 radical (unpaired) electrons. The van der Waals surface area contributed by atoms with Crippen LogP contribution in [0, 0.1) is 0 Å². The first kappa shape index (κ1) is 14.2. The highest BCUT2D eigenvalue weighted by atomic mass is 35.5. The highest BCUT2D eigenvalue weighted by Gasteiger charge is 2.24. The molecule has 20 heavy (non-hydrogen) atoms. The predicted molar refractivity (Wildman–Crippen MR) is 83.3 cm³/mol. The van der Waals surface area contributed by atoms with Crippen molar-refractivity contribution in [1.29, 1.82) is 0 Å². The summed E-state index contributed by atoms with van der Waals surface area (Å²) in [6.07, 6.45) is 3.84. The molecule has 0 aromatic heterocycles. The molecule has 2 heterocycles. The number of fused-ring (bicyclic) bond motifs is 1. The normalized spacial score (nSPS) is 25.2. The molecule has 5 heteroatoms. The molecule has 2 aliphatic rings. The van der Waals surface area contributed by atoms with Crippen molar-refractivity contribution in [1.82, 2.24) is 10.6 Å². The van der Waals surface area contributed by atoms with E-state index in [-0.39, 0.29) is 11.9 Å². The summed E-state index contributed by atoms with van der Waals surface area (Å²) in [6.45, 7) is 1.04. The molecule has 2 aliphatic heterocycles. The fourth-order valence-corrected chi connectivity index (χ4v) is 4.21. The largest absolute Gasteiger partial charge is 0.349 e. The molecule has 3 nitrogen and oxygen atoms in total. The van der Waals surface area contributed by atoms with Crippen LogP contribution in [0.4, 0.5) is 0 Å². The lowest BCUT2D eigenvalue weighted by molar-refractivity contribution is -0.122. The standard InChI is InChI=1S/C15H19ClN2OS/c16-10-3-4-14-12(8-10)13(5-7-20-14)18-15(19)9-11-2-1-6-17-11/h3-4,8,11,13,17H,1-2,5-7,9H2,(H,18,19). The van der Waals surface area contributed by atoms with Crippen molar-refractivity contribution >= 4 is 29.3 Å². The number of halogens is 1. The quantitative estimate of drug-likeness (QED) is 0.901. The Bertz CT molecular complexity index is 503. The Kier molecular flexibility index (Phi) is 4.54. The number of amides is 1. The van der Waals surface area contributed by atoms with Crippen LogP contribution in [0.5, 0.6) is 0 Å². The van der Waals surface area contributed by atoms with Crippen LogP contribution in [0.25, 0.3) is 0 Å². The van der Waals surface area contributed by atoms with Crippen LogP contribution < -0.4 is 10.6 Å². The number of hydrogen-bond acceptors (Lipinski definition) is 3. The molecule has 1 aromatic carbocycles. The second kappa shape index (κ2) is 6.37. The highest BCUT2D eigenvalue weighted by Crippen LogP contribution is 2.37. The number of thioether (sulfide) groups is 1. The Morgan fingerprint density at radius 2 is 2.35 bits per heavy atom. The smallest absolute Gasteiger partial charge is 0.222 e. The average Bonchev–Trinajstić information content (AvgIpc) is 2.92. The number of rotatable bonds is 3. The zero-order valence-electron chi connectivity index (χ0n) is 11.3. The molecule has 0 aliphatic carbocycles. The third-order valence-corrected chi connectivity index (χ3v) is 5.30. The van der Waals surface area contributed by atoms with Crippen LogP contribution in [0.3, 0.4) is 0 Å². The lowest BCUT2D eigenvalue weighted by Gasteiger charge is -2.26. The number of benzene rings is 1. The van der Waals surface area contributed by atoms with Crippen molar-refractivity contribution in [3.05, 3.63) is 28.8 Å². The molecule has 0 bridgehead atoms. The first-order chi connectivity index (χ1) is 9.72. The Hall–Kier alpha value is -0.710. The lowest BCUT2D eigenvalue weighted by Crippen LogP contribution is -2.35. The summed E-state index contributed by atoms with van der Waals surface area (Å²) in [5.74, 6) is 1.19. The van der Waals surface area contributed by atoms with Gasteiger partial charge in [-0.3, -0.25) is 4.79 Å². The summed E-state index contributed by atoms with van der Waals surface area (Å²) in [4.78, 5) is 13.4. The van der Waals surface area contributed by atoms with Gasteiger partial charge < -0.3 is 10.6 Å². The molecule has 0 spiro atoms. The second-order valence-electron chi connectivity index (χ2n) is 5.44. The van der Waals surface area contributed by atoms with Crippen molar-refractivity contribution in [3.8, 4) is 0 Å². The molecule has 1 saturated heterocycles. The predicted octanol–water partition coefficient (Wildman–Crippen LogP) is 3.14. The maximum atomic E-state index is 12.2. The summed E-state index contributed by atoms with van der Waals surface area (Å²) in [7, 11) is 0. The van der Waals surface area contributed by atoms with Gasteiger partial charge in [0.25, 0.3) is 0 Å². The molecular weight excluding hydrogens is 292 g/mol. The van der Waals surface area contributed by atoms with Gasteiger partial charge in [-0.2, -0.15) is 0 Å². The third kappa shape index (κ3) is 3.30. The first-order valence-corrected chi connectivity index (χ1v) is 8.54. The lowest BCUT2D eigenvalue weighted by atomic mass is 10.0.